The van der Waals surface area contributed by atoms with E-state index in [1.165, 1.54) is 11.3 Å². The van der Waals surface area contributed by atoms with Gasteiger partial charge in [-0.3, -0.25) is 9.48 Å². The van der Waals surface area contributed by atoms with E-state index in [-0.39, 0.29) is 11.9 Å². The molecule has 2 fully saturated rings. The predicted octanol–water partition coefficient (Wildman–Crippen LogP) is 3.06. The number of carbonyl (C=O) groups is 1. The van der Waals surface area contributed by atoms with E-state index in [1.807, 2.05) is 30.8 Å². The van der Waals surface area contributed by atoms with Crippen molar-refractivity contribution in [2.45, 2.75) is 38.8 Å². The third kappa shape index (κ3) is 4.46. The number of carbonyl (C=O) groups excluding carboxylic acids is 1. The summed E-state index contributed by atoms with van der Waals surface area (Å²) < 4.78 is 9.24. The highest BCUT2D eigenvalue weighted by atomic mass is 32.1. The van der Waals surface area contributed by atoms with Crippen molar-refractivity contribution in [1.29, 1.82) is 0 Å². The van der Waals surface area contributed by atoms with Crippen LogP contribution in [0.4, 0.5) is 11.5 Å². The number of hydrogen-bond acceptors (Lipinski definition) is 10. The van der Waals surface area contributed by atoms with Gasteiger partial charge in [-0.1, -0.05) is 0 Å². The Morgan fingerprint density at radius 2 is 2.06 bits per heavy atom. The highest BCUT2D eigenvalue weighted by Crippen LogP contribution is 2.37. The molecular formula is C23H26N10O2S. The maximum absolute atomic E-state index is 13.2. The van der Waals surface area contributed by atoms with Gasteiger partial charge in [0.1, 0.15) is 11.5 Å². The zero-order valence-corrected chi connectivity index (χ0v) is 20.9. The lowest BCUT2D eigenvalue weighted by Crippen LogP contribution is -2.36. The number of nitrogens with zero attached hydrogens (tertiary/aromatic N) is 9. The van der Waals surface area contributed by atoms with E-state index in [9.17, 15) is 4.79 Å². The Labute approximate surface area is 211 Å². The molecule has 0 atom stereocenters. The minimum absolute atomic E-state index is 0.0915. The lowest BCUT2D eigenvalue weighted by atomic mass is 10.1. The van der Waals surface area contributed by atoms with Crippen molar-refractivity contribution in [2.24, 2.45) is 0 Å². The van der Waals surface area contributed by atoms with Gasteiger partial charge >= 0.3 is 0 Å². The summed E-state index contributed by atoms with van der Waals surface area (Å²) in [6.45, 7) is 6.86. The van der Waals surface area contributed by atoms with Crippen LogP contribution in [-0.2, 0) is 4.74 Å². The minimum Gasteiger partial charge on any atom is -0.378 e. The molecule has 4 aromatic rings. The van der Waals surface area contributed by atoms with E-state index in [2.05, 4.69) is 47.0 Å². The predicted molar refractivity (Wildman–Crippen MR) is 134 cm³/mol. The first-order valence-corrected chi connectivity index (χ1v) is 12.9. The standard InChI is InChI=1S/C23H26N10O2S/c1-14(2)33-21(28-29-30-33)23-27-20(13-36-23)26-22(34)18-9-17(15-10-25-32(12-15)16-3-4-16)19(11-24-18)31-5-7-35-8-6-31/h9-14,16H,3-8H2,1-2H3,(H,26,34). The molecule has 1 aliphatic heterocycles. The third-order valence-electron chi connectivity index (χ3n) is 6.22. The quantitative estimate of drug-likeness (QED) is 0.402. The van der Waals surface area contributed by atoms with Crippen LogP contribution < -0.4 is 10.2 Å². The van der Waals surface area contributed by atoms with E-state index in [4.69, 9.17) is 4.74 Å². The number of hydrogen-bond donors (Lipinski definition) is 1. The topological polar surface area (TPSA) is 129 Å². The lowest BCUT2D eigenvalue weighted by Gasteiger charge is -2.30. The van der Waals surface area contributed by atoms with Crippen molar-refractivity contribution in [1.82, 2.24) is 40.0 Å². The van der Waals surface area contributed by atoms with Gasteiger partial charge in [0, 0.05) is 35.8 Å². The van der Waals surface area contributed by atoms with Gasteiger partial charge in [-0.2, -0.15) is 5.10 Å². The first kappa shape index (κ1) is 22.7. The normalized spacial score (nSPS) is 16.0. The van der Waals surface area contributed by atoms with Crippen molar-refractivity contribution in [3.8, 4) is 22.0 Å². The van der Waals surface area contributed by atoms with Gasteiger partial charge in [0.25, 0.3) is 5.91 Å². The minimum atomic E-state index is -0.334. The van der Waals surface area contributed by atoms with Gasteiger partial charge in [-0.05, 0) is 43.2 Å². The van der Waals surface area contributed by atoms with Crippen molar-refractivity contribution < 1.29 is 9.53 Å². The number of tetrazole rings is 1. The summed E-state index contributed by atoms with van der Waals surface area (Å²) in [6, 6.07) is 2.40. The van der Waals surface area contributed by atoms with E-state index in [0.29, 0.717) is 41.6 Å². The number of thiazole rings is 1. The van der Waals surface area contributed by atoms with Gasteiger partial charge in [0.15, 0.2) is 5.01 Å². The van der Waals surface area contributed by atoms with E-state index >= 15 is 0 Å². The smallest absolute Gasteiger partial charge is 0.275 e. The highest BCUT2D eigenvalue weighted by Gasteiger charge is 2.26. The van der Waals surface area contributed by atoms with Crippen molar-refractivity contribution >= 4 is 28.7 Å². The average Bonchev–Trinajstić information content (AvgIpc) is 3.28. The van der Waals surface area contributed by atoms with E-state index in [0.717, 1.165) is 42.7 Å². The number of amides is 1. The molecule has 1 amide bonds. The summed E-state index contributed by atoms with van der Waals surface area (Å²) in [5.41, 5.74) is 3.18. The molecule has 12 nitrogen and oxygen atoms in total. The Balaban J connectivity index is 1.27. The molecule has 0 bridgehead atoms. The van der Waals surface area contributed by atoms with Crippen molar-refractivity contribution in [2.75, 3.05) is 36.5 Å². The second-order valence-corrected chi connectivity index (χ2v) is 10.0. The molecule has 1 aliphatic carbocycles. The number of ether oxygens (including phenoxy) is 1. The second-order valence-electron chi connectivity index (χ2n) is 9.16. The van der Waals surface area contributed by atoms with Gasteiger partial charge < -0.3 is 15.0 Å². The van der Waals surface area contributed by atoms with Gasteiger partial charge in [0.05, 0.1) is 43.4 Å². The van der Waals surface area contributed by atoms with Crippen LogP contribution >= 0.6 is 11.3 Å². The molecule has 1 N–H and O–H groups in total. The summed E-state index contributed by atoms with van der Waals surface area (Å²) in [5.74, 6) is 0.665. The molecule has 13 heteroatoms. The number of pyridine rings is 1. The van der Waals surface area contributed by atoms with Crippen LogP contribution in [0.15, 0.2) is 30.0 Å². The Hall–Kier alpha value is -3.71. The first-order chi connectivity index (χ1) is 17.6. The molecule has 0 aromatic carbocycles. The highest BCUT2D eigenvalue weighted by molar-refractivity contribution is 7.13. The molecule has 0 spiro atoms. The summed E-state index contributed by atoms with van der Waals surface area (Å²) in [7, 11) is 0. The number of aromatic nitrogens is 8. The third-order valence-corrected chi connectivity index (χ3v) is 7.06. The molecule has 6 rings (SSSR count). The SMILES string of the molecule is CC(C)n1nnnc1-c1nc(NC(=O)c2cc(-c3cnn(C4CC4)c3)c(N3CCOCC3)cn2)cs1. The van der Waals surface area contributed by atoms with Crippen LogP contribution in [0, 0.1) is 0 Å². The van der Waals surface area contributed by atoms with Crippen LogP contribution in [0.2, 0.25) is 0 Å². The maximum Gasteiger partial charge on any atom is 0.275 e. The maximum atomic E-state index is 13.2. The van der Waals surface area contributed by atoms with Crippen LogP contribution in [-0.4, -0.2) is 72.2 Å². The molecule has 36 heavy (non-hydrogen) atoms. The summed E-state index contributed by atoms with van der Waals surface area (Å²) in [5, 5.41) is 21.7. The monoisotopic (exact) mass is 506 g/mol. The average molecular weight is 507 g/mol. The Kier molecular flexibility index (Phi) is 5.93. The van der Waals surface area contributed by atoms with Crippen molar-refractivity contribution in [3.05, 3.63) is 35.7 Å². The van der Waals surface area contributed by atoms with E-state index < -0.39 is 0 Å². The van der Waals surface area contributed by atoms with Crippen LogP contribution in [0.1, 0.15) is 49.3 Å². The summed E-state index contributed by atoms with van der Waals surface area (Å²) >= 11 is 1.37. The molecule has 2 aliphatic rings. The Bertz CT molecular complexity index is 1380. The zero-order valence-electron chi connectivity index (χ0n) is 20.0. The molecule has 0 radical (unpaired) electrons. The molecule has 1 saturated heterocycles. The van der Waals surface area contributed by atoms with E-state index in [1.54, 1.807) is 16.3 Å². The molecule has 5 heterocycles. The molecule has 0 unspecified atom stereocenters. The number of nitrogens with one attached hydrogen (secondary N) is 1. The number of anilines is 2. The Morgan fingerprint density at radius 1 is 1.22 bits per heavy atom. The largest absolute Gasteiger partial charge is 0.378 e. The fraction of sp³-hybridized carbons (Fsp3) is 0.435. The summed E-state index contributed by atoms with van der Waals surface area (Å²) in [6.07, 6.45) is 8.00. The Morgan fingerprint density at radius 3 is 2.83 bits per heavy atom. The molecule has 1 saturated carbocycles. The van der Waals surface area contributed by atoms with Crippen molar-refractivity contribution in [3.63, 3.8) is 0 Å². The molecule has 4 aromatic heterocycles. The van der Waals surface area contributed by atoms with Gasteiger partial charge in [0.2, 0.25) is 5.82 Å². The number of rotatable bonds is 7. The second kappa shape index (κ2) is 9.39. The fourth-order valence-corrected chi connectivity index (χ4v) is 4.90. The first-order valence-electron chi connectivity index (χ1n) is 12.0. The fourth-order valence-electron chi connectivity index (χ4n) is 4.17. The van der Waals surface area contributed by atoms with Crippen LogP contribution in [0.5, 0.6) is 0 Å². The van der Waals surface area contributed by atoms with Gasteiger partial charge in [-0.15, -0.1) is 16.4 Å². The molecular weight excluding hydrogens is 480 g/mol. The zero-order chi connectivity index (χ0) is 24.6. The number of morpholine rings is 1. The van der Waals surface area contributed by atoms with Gasteiger partial charge in [-0.25, -0.2) is 14.6 Å². The molecule has 186 valence electrons. The summed E-state index contributed by atoms with van der Waals surface area (Å²) in [4.78, 5) is 24.4. The van der Waals surface area contributed by atoms with Crippen LogP contribution in [0.3, 0.4) is 0 Å². The van der Waals surface area contributed by atoms with Crippen LogP contribution in [0.25, 0.3) is 22.0 Å². The lowest BCUT2D eigenvalue weighted by molar-refractivity contribution is 0.102.